The Balaban J connectivity index is 3.06. The van der Waals surface area contributed by atoms with Gasteiger partial charge in [-0.1, -0.05) is 71.4 Å². The number of alkyl halides is 2. The van der Waals surface area contributed by atoms with Crippen LogP contribution >= 0.6 is 31.9 Å². The topological polar surface area (TPSA) is 0 Å². The standard InChI is InChI=1S/C12H24Br2/c1-3-11(13)9-7-5-6-8-10-12(14)4-2/h11-12H,3-10H2,1-2H3. The largest absolute Gasteiger partial charge is 0.0891 e. The highest BCUT2D eigenvalue weighted by Gasteiger charge is 2.01. The zero-order chi connectivity index (χ0) is 10.8. The van der Waals surface area contributed by atoms with Gasteiger partial charge in [-0.15, -0.1) is 0 Å². The molecule has 2 heteroatoms. The first kappa shape index (κ1) is 15.0. The van der Waals surface area contributed by atoms with Crippen LogP contribution < -0.4 is 0 Å². The van der Waals surface area contributed by atoms with Gasteiger partial charge in [0.15, 0.2) is 0 Å². The molecule has 0 amide bonds. The molecule has 0 aromatic rings. The zero-order valence-corrected chi connectivity index (χ0v) is 12.7. The van der Waals surface area contributed by atoms with Gasteiger partial charge in [-0.05, 0) is 25.7 Å². The Hall–Kier alpha value is 0.960. The number of unbranched alkanes of at least 4 members (excludes halogenated alkanes) is 3. The van der Waals surface area contributed by atoms with Crippen molar-refractivity contribution in [3.8, 4) is 0 Å². The molecule has 0 fully saturated rings. The smallest absolute Gasteiger partial charge is 0.0143 e. The first-order valence-corrected chi connectivity index (χ1v) is 7.81. The molecule has 0 saturated heterocycles. The summed E-state index contributed by atoms with van der Waals surface area (Å²) in [6.07, 6.45) is 10.8. The summed E-state index contributed by atoms with van der Waals surface area (Å²) < 4.78 is 0. The van der Waals surface area contributed by atoms with Gasteiger partial charge < -0.3 is 0 Å². The third-order valence-electron chi connectivity index (χ3n) is 2.67. The molecule has 0 bridgehead atoms. The third kappa shape index (κ3) is 9.51. The van der Waals surface area contributed by atoms with E-state index in [9.17, 15) is 0 Å². The first-order chi connectivity index (χ1) is 6.70. The van der Waals surface area contributed by atoms with Crippen molar-refractivity contribution in [1.29, 1.82) is 0 Å². The van der Waals surface area contributed by atoms with Crippen LogP contribution in [0.15, 0.2) is 0 Å². The highest BCUT2D eigenvalue weighted by molar-refractivity contribution is 9.09. The van der Waals surface area contributed by atoms with E-state index in [1.54, 1.807) is 0 Å². The molecular weight excluding hydrogens is 304 g/mol. The van der Waals surface area contributed by atoms with Gasteiger partial charge in [0.25, 0.3) is 0 Å². The van der Waals surface area contributed by atoms with Gasteiger partial charge in [0.1, 0.15) is 0 Å². The van der Waals surface area contributed by atoms with E-state index in [0.717, 1.165) is 9.65 Å². The Morgan fingerprint density at radius 2 is 1.07 bits per heavy atom. The summed E-state index contributed by atoms with van der Waals surface area (Å²) >= 11 is 7.35. The monoisotopic (exact) mass is 326 g/mol. The van der Waals surface area contributed by atoms with Crippen molar-refractivity contribution in [2.24, 2.45) is 0 Å². The molecule has 2 atom stereocenters. The van der Waals surface area contributed by atoms with E-state index >= 15 is 0 Å². The van der Waals surface area contributed by atoms with Crippen molar-refractivity contribution in [2.45, 2.75) is 74.9 Å². The molecule has 0 spiro atoms. The molecule has 0 nitrogen and oxygen atoms in total. The van der Waals surface area contributed by atoms with Gasteiger partial charge in [0, 0.05) is 9.65 Å². The van der Waals surface area contributed by atoms with E-state index in [1.807, 2.05) is 0 Å². The molecule has 0 aromatic carbocycles. The lowest BCUT2D eigenvalue weighted by atomic mass is 10.1. The van der Waals surface area contributed by atoms with Crippen LogP contribution in [-0.2, 0) is 0 Å². The maximum absolute atomic E-state index is 3.67. The Morgan fingerprint density at radius 3 is 1.36 bits per heavy atom. The second-order valence-corrected chi connectivity index (χ2v) is 6.59. The van der Waals surface area contributed by atoms with Gasteiger partial charge in [-0.3, -0.25) is 0 Å². The predicted molar refractivity (Wildman–Crippen MR) is 73.7 cm³/mol. The molecular formula is C12H24Br2. The molecule has 0 aromatic heterocycles. The summed E-state index contributed by atoms with van der Waals surface area (Å²) in [6, 6.07) is 0. The molecule has 0 heterocycles. The number of rotatable bonds is 9. The van der Waals surface area contributed by atoms with Crippen LogP contribution in [0, 0.1) is 0 Å². The lowest BCUT2D eigenvalue weighted by Crippen LogP contribution is -1.96. The average molecular weight is 328 g/mol. The quantitative estimate of drug-likeness (QED) is 0.378. The van der Waals surface area contributed by atoms with Crippen LogP contribution in [0.5, 0.6) is 0 Å². The molecule has 0 aliphatic carbocycles. The first-order valence-electron chi connectivity index (χ1n) is 5.98. The van der Waals surface area contributed by atoms with Crippen molar-refractivity contribution in [1.82, 2.24) is 0 Å². The van der Waals surface area contributed by atoms with Crippen molar-refractivity contribution in [3.05, 3.63) is 0 Å². The normalized spacial score (nSPS) is 15.4. The van der Waals surface area contributed by atoms with Crippen molar-refractivity contribution < 1.29 is 0 Å². The van der Waals surface area contributed by atoms with E-state index in [1.165, 1.54) is 51.4 Å². The van der Waals surface area contributed by atoms with Gasteiger partial charge in [-0.2, -0.15) is 0 Å². The minimum Gasteiger partial charge on any atom is -0.0891 e. The van der Waals surface area contributed by atoms with Gasteiger partial charge >= 0.3 is 0 Å². The van der Waals surface area contributed by atoms with Gasteiger partial charge in [-0.25, -0.2) is 0 Å². The molecule has 0 N–H and O–H groups in total. The van der Waals surface area contributed by atoms with Crippen molar-refractivity contribution in [3.63, 3.8) is 0 Å². The maximum Gasteiger partial charge on any atom is 0.0143 e. The molecule has 14 heavy (non-hydrogen) atoms. The molecule has 0 aliphatic rings. The SMILES string of the molecule is CCC(Br)CCCCCCC(Br)CC. The molecule has 86 valence electrons. The van der Waals surface area contributed by atoms with E-state index in [0.29, 0.717) is 0 Å². The van der Waals surface area contributed by atoms with Crippen LogP contribution in [0.25, 0.3) is 0 Å². The van der Waals surface area contributed by atoms with E-state index in [2.05, 4.69) is 45.7 Å². The second kappa shape index (κ2) is 10.5. The van der Waals surface area contributed by atoms with Crippen LogP contribution in [0.4, 0.5) is 0 Å². The second-order valence-electron chi connectivity index (χ2n) is 4.00. The van der Waals surface area contributed by atoms with Crippen LogP contribution in [-0.4, -0.2) is 9.65 Å². The van der Waals surface area contributed by atoms with Crippen molar-refractivity contribution >= 4 is 31.9 Å². The fourth-order valence-electron chi connectivity index (χ4n) is 1.49. The Bertz CT molecular complexity index is 101. The third-order valence-corrected chi connectivity index (χ3v) is 4.88. The van der Waals surface area contributed by atoms with E-state index in [-0.39, 0.29) is 0 Å². The molecule has 0 rings (SSSR count). The maximum atomic E-state index is 3.67. The summed E-state index contributed by atoms with van der Waals surface area (Å²) in [5.74, 6) is 0. The summed E-state index contributed by atoms with van der Waals surface area (Å²) in [6.45, 7) is 4.49. The summed E-state index contributed by atoms with van der Waals surface area (Å²) in [5, 5.41) is 0. The molecule has 2 unspecified atom stereocenters. The highest BCUT2D eigenvalue weighted by atomic mass is 79.9. The molecule has 0 aliphatic heterocycles. The summed E-state index contributed by atoms with van der Waals surface area (Å²) in [7, 11) is 0. The van der Waals surface area contributed by atoms with Crippen LogP contribution in [0.3, 0.4) is 0 Å². The van der Waals surface area contributed by atoms with Gasteiger partial charge in [0.05, 0.1) is 0 Å². The molecule has 0 saturated carbocycles. The van der Waals surface area contributed by atoms with Gasteiger partial charge in [0.2, 0.25) is 0 Å². The van der Waals surface area contributed by atoms with Crippen LogP contribution in [0.1, 0.15) is 65.2 Å². The Labute approximate surface area is 106 Å². The number of halogens is 2. The fourth-order valence-corrected chi connectivity index (χ4v) is 2.14. The minimum atomic E-state index is 0.752. The van der Waals surface area contributed by atoms with Crippen LogP contribution in [0.2, 0.25) is 0 Å². The molecule has 0 radical (unpaired) electrons. The minimum absolute atomic E-state index is 0.752. The Kier molecular flexibility index (Phi) is 11.2. The van der Waals surface area contributed by atoms with Crippen molar-refractivity contribution in [2.75, 3.05) is 0 Å². The summed E-state index contributed by atoms with van der Waals surface area (Å²) in [4.78, 5) is 1.50. The number of hydrogen-bond acceptors (Lipinski definition) is 0. The Morgan fingerprint density at radius 1 is 0.714 bits per heavy atom. The lowest BCUT2D eigenvalue weighted by Gasteiger charge is -2.07. The summed E-state index contributed by atoms with van der Waals surface area (Å²) in [5.41, 5.74) is 0. The van der Waals surface area contributed by atoms with E-state index in [4.69, 9.17) is 0 Å². The lowest BCUT2D eigenvalue weighted by molar-refractivity contribution is 0.576. The fraction of sp³-hybridized carbons (Fsp3) is 1.00. The highest BCUT2D eigenvalue weighted by Crippen LogP contribution is 2.17. The number of hydrogen-bond donors (Lipinski definition) is 0. The zero-order valence-electron chi connectivity index (χ0n) is 9.57. The van der Waals surface area contributed by atoms with E-state index < -0.39 is 0 Å². The average Bonchev–Trinajstić information content (AvgIpc) is 2.22. The predicted octanol–water partition coefficient (Wildman–Crippen LogP) is 5.67.